The number of amides is 2. The van der Waals surface area contributed by atoms with Crippen LogP contribution in [0.3, 0.4) is 0 Å². The Morgan fingerprint density at radius 3 is 2.64 bits per heavy atom. The van der Waals surface area contributed by atoms with Gasteiger partial charge in [-0.25, -0.2) is 0 Å². The molecule has 1 fully saturated rings. The number of ether oxygens (including phenoxy) is 1. The van der Waals surface area contributed by atoms with Gasteiger partial charge in [0.1, 0.15) is 5.75 Å². The van der Waals surface area contributed by atoms with Crippen molar-refractivity contribution in [1.29, 1.82) is 0 Å². The average molecular weight is 336 g/mol. The number of benzene rings is 2. The van der Waals surface area contributed by atoms with Gasteiger partial charge < -0.3 is 15.4 Å². The third kappa shape index (κ3) is 2.65. The van der Waals surface area contributed by atoms with Crippen LogP contribution in [0.5, 0.6) is 5.75 Å². The van der Waals surface area contributed by atoms with Crippen molar-refractivity contribution in [3.8, 4) is 5.75 Å². The molecule has 1 heterocycles. The van der Waals surface area contributed by atoms with E-state index in [4.69, 9.17) is 4.74 Å². The molecule has 2 aromatic carbocycles. The smallest absolute Gasteiger partial charge is 0.265 e. The molecule has 4 rings (SSSR count). The summed E-state index contributed by atoms with van der Waals surface area (Å²) in [5.41, 5.74) is 1.85. The zero-order valence-electron chi connectivity index (χ0n) is 14.0. The van der Waals surface area contributed by atoms with Gasteiger partial charge in [-0.15, -0.1) is 0 Å². The minimum absolute atomic E-state index is 0.00122. The van der Waals surface area contributed by atoms with Crippen molar-refractivity contribution < 1.29 is 14.3 Å². The lowest BCUT2D eigenvalue weighted by molar-refractivity contribution is -0.124. The van der Waals surface area contributed by atoms with E-state index in [-0.39, 0.29) is 11.8 Å². The Bertz CT molecular complexity index is 828. The van der Waals surface area contributed by atoms with Gasteiger partial charge >= 0.3 is 0 Å². The molecule has 2 amide bonds. The monoisotopic (exact) mass is 336 g/mol. The first-order valence-corrected chi connectivity index (χ1v) is 8.57. The van der Waals surface area contributed by atoms with Crippen molar-refractivity contribution in [3.05, 3.63) is 54.1 Å². The molecule has 128 valence electrons. The Hall–Kier alpha value is -2.82. The van der Waals surface area contributed by atoms with E-state index >= 15 is 0 Å². The number of rotatable bonds is 3. The number of fused-ring (bicyclic) bond motifs is 1. The van der Waals surface area contributed by atoms with Gasteiger partial charge in [0.25, 0.3) is 5.91 Å². The summed E-state index contributed by atoms with van der Waals surface area (Å²) in [4.78, 5) is 24.7. The second-order valence-corrected chi connectivity index (χ2v) is 6.72. The molecule has 2 N–H and O–H groups in total. The fourth-order valence-corrected chi connectivity index (χ4v) is 3.47. The summed E-state index contributed by atoms with van der Waals surface area (Å²) in [6.45, 7) is 1.70. The van der Waals surface area contributed by atoms with Gasteiger partial charge in [0, 0.05) is 5.69 Å². The van der Waals surface area contributed by atoms with E-state index in [9.17, 15) is 9.59 Å². The number of nitrogens with one attached hydrogen (secondary N) is 2. The molecule has 5 nitrogen and oxygen atoms in total. The number of carbonyl (C=O) groups excluding carboxylic acids is 2. The predicted octanol–water partition coefficient (Wildman–Crippen LogP) is 3.47. The molecule has 0 unspecified atom stereocenters. The molecule has 0 aromatic heterocycles. The van der Waals surface area contributed by atoms with Crippen LogP contribution in [0, 0.1) is 0 Å². The van der Waals surface area contributed by atoms with E-state index in [1.807, 2.05) is 30.3 Å². The number of carbonyl (C=O) groups is 2. The zero-order chi connectivity index (χ0) is 17.4. The highest BCUT2D eigenvalue weighted by Crippen LogP contribution is 2.44. The highest BCUT2D eigenvalue weighted by Gasteiger charge is 2.45. The van der Waals surface area contributed by atoms with Crippen molar-refractivity contribution in [3.63, 3.8) is 0 Å². The van der Waals surface area contributed by atoms with Crippen LogP contribution in [0.25, 0.3) is 0 Å². The van der Waals surface area contributed by atoms with Gasteiger partial charge in [-0.1, -0.05) is 36.8 Å². The van der Waals surface area contributed by atoms with Crippen LogP contribution < -0.4 is 15.4 Å². The highest BCUT2D eigenvalue weighted by molar-refractivity contribution is 6.02. The standard InChI is InChI=1S/C20H20N2O3/c1-13-18(23)22-16-12-15(8-9-17(16)25-13)21-19(24)20(10-5-11-20)14-6-3-2-4-7-14/h2-4,6-9,12-13H,5,10-11H2,1H3,(H,21,24)(H,22,23)/t13-/m0/s1. The first kappa shape index (κ1) is 15.7. The summed E-state index contributed by atoms with van der Waals surface area (Å²) in [5, 5.41) is 5.82. The Kier molecular flexibility index (Phi) is 3.71. The molecule has 1 aliphatic heterocycles. The van der Waals surface area contributed by atoms with E-state index in [1.165, 1.54) is 0 Å². The molecule has 2 aromatic rings. The first-order valence-electron chi connectivity index (χ1n) is 8.57. The first-order chi connectivity index (χ1) is 12.1. The Balaban J connectivity index is 1.57. The molecule has 0 saturated heterocycles. The van der Waals surface area contributed by atoms with E-state index in [0.29, 0.717) is 17.1 Å². The Morgan fingerprint density at radius 2 is 1.96 bits per heavy atom. The van der Waals surface area contributed by atoms with Crippen LogP contribution in [0.1, 0.15) is 31.7 Å². The lowest BCUT2D eigenvalue weighted by Crippen LogP contribution is -2.46. The fraction of sp³-hybridized carbons (Fsp3) is 0.300. The number of anilines is 2. The second-order valence-electron chi connectivity index (χ2n) is 6.72. The zero-order valence-corrected chi connectivity index (χ0v) is 14.0. The topological polar surface area (TPSA) is 67.4 Å². The predicted molar refractivity (Wildman–Crippen MR) is 95.8 cm³/mol. The summed E-state index contributed by atoms with van der Waals surface area (Å²) in [6, 6.07) is 15.2. The molecule has 1 saturated carbocycles. The van der Waals surface area contributed by atoms with E-state index in [2.05, 4.69) is 10.6 Å². The maximum Gasteiger partial charge on any atom is 0.265 e. The van der Waals surface area contributed by atoms with Gasteiger partial charge in [0.05, 0.1) is 11.1 Å². The minimum atomic E-state index is -0.510. The molecule has 0 bridgehead atoms. The van der Waals surface area contributed by atoms with Crippen LogP contribution in [0.2, 0.25) is 0 Å². The normalized spacial score (nSPS) is 20.5. The third-order valence-electron chi connectivity index (χ3n) is 5.14. The lowest BCUT2D eigenvalue weighted by atomic mass is 9.64. The molecule has 5 heteroatoms. The minimum Gasteiger partial charge on any atom is -0.479 e. The van der Waals surface area contributed by atoms with Gasteiger partial charge in [-0.05, 0) is 43.5 Å². The Labute approximate surface area is 146 Å². The second kappa shape index (κ2) is 5.92. The van der Waals surface area contributed by atoms with Crippen molar-refractivity contribution in [2.75, 3.05) is 10.6 Å². The fourth-order valence-electron chi connectivity index (χ4n) is 3.47. The molecule has 0 radical (unpaired) electrons. The van der Waals surface area contributed by atoms with Gasteiger partial charge in [0.15, 0.2) is 6.10 Å². The van der Waals surface area contributed by atoms with Crippen LogP contribution >= 0.6 is 0 Å². The van der Waals surface area contributed by atoms with E-state index < -0.39 is 11.5 Å². The number of hydrogen-bond donors (Lipinski definition) is 2. The molecule has 25 heavy (non-hydrogen) atoms. The maximum atomic E-state index is 13.0. The van der Waals surface area contributed by atoms with E-state index in [1.54, 1.807) is 25.1 Å². The van der Waals surface area contributed by atoms with Gasteiger partial charge in [-0.2, -0.15) is 0 Å². The van der Waals surface area contributed by atoms with Crippen LogP contribution in [0.4, 0.5) is 11.4 Å². The molecule has 0 spiro atoms. The number of hydrogen-bond acceptors (Lipinski definition) is 3. The maximum absolute atomic E-state index is 13.0. The Morgan fingerprint density at radius 1 is 1.20 bits per heavy atom. The largest absolute Gasteiger partial charge is 0.479 e. The lowest BCUT2D eigenvalue weighted by Gasteiger charge is -2.40. The average Bonchev–Trinajstić information content (AvgIpc) is 2.56. The van der Waals surface area contributed by atoms with Crippen molar-refractivity contribution in [2.24, 2.45) is 0 Å². The SMILES string of the molecule is C[C@@H]1Oc2ccc(NC(=O)C3(c4ccccc4)CCC3)cc2NC1=O. The van der Waals surface area contributed by atoms with Crippen molar-refractivity contribution >= 4 is 23.2 Å². The molecular formula is C20H20N2O3. The van der Waals surface area contributed by atoms with Crippen molar-refractivity contribution in [2.45, 2.75) is 37.7 Å². The van der Waals surface area contributed by atoms with Crippen LogP contribution in [-0.2, 0) is 15.0 Å². The quantitative estimate of drug-likeness (QED) is 0.902. The molecule has 1 atom stereocenters. The molecule has 1 aliphatic carbocycles. The van der Waals surface area contributed by atoms with Crippen LogP contribution in [-0.4, -0.2) is 17.9 Å². The highest BCUT2D eigenvalue weighted by atomic mass is 16.5. The van der Waals surface area contributed by atoms with Gasteiger partial charge in [-0.3, -0.25) is 9.59 Å². The molecule has 2 aliphatic rings. The summed E-state index contributed by atoms with van der Waals surface area (Å²) >= 11 is 0. The summed E-state index contributed by atoms with van der Waals surface area (Å²) in [5.74, 6) is 0.434. The van der Waals surface area contributed by atoms with Crippen molar-refractivity contribution in [1.82, 2.24) is 0 Å². The summed E-state index contributed by atoms with van der Waals surface area (Å²) in [6.07, 6.45) is 2.24. The summed E-state index contributed by atoms with van der Waals surface area (Å²) < 4.78 is 5.55. The van der Waals surface area contributed by atoms with Crippen LogP contribution in [0.15, 0.2) is 48.5 Å². The third-order valence-corrected chi connectivity index (χ3v) is 5.14. The molecular weight excluding hydrogens is 316 g/mol. The van der Waals surface area contributed by atoms with E-state index in [0.717, 1.165) is 24.8 Å². The summed E-state index contributed by atoms with van der Waals surface area (Å²) in [7, 11) is 0. The van der Waals surface area contributed by atoms with Gasteiger partial charge in [0.2, 0.25) is 5.91 Å².